The summed E-state index contributed by atoms with van der Waals surface area (Å²) >= 11 is 0. The topological polar surface area (TPSA) is 74.8 Å². The fraction of sp³-hybridized carbons (Fsp3) is 0.318. The van der Waals surface area contributed by atoms with E-state index in [0.29, 0.717) is 36.0 Å². The number of rotatable bonds is 5. The average molecular weight is 361 g/mol. The SMILES string of the molecule is O=C(CCCc1nc2ccccc2c(=O)[nH]1)NC1CCc2ccccc2C1. The molecule has 0 aliphatic heterocycles. The molecule has 1 amide bonds. The van der Waals surface area contributed by atoms with Crippen LogP contribution < -0.4 is 10.9 Å². The zero-order valence-corrected chi connectivity index (χ0v) is 15.2. The molecule has 5 heteroatoms. The van der Waals surface area contributed by atoms with Crippen LogP contribution in [0, 0.1) is 0 Å². The molecule has 1 aliphatic carbocycles. The van der Waals surface area contributed by atoms with Crippen LogP contribution in [0.5, 0.6) is 0 Å². The van der Waals surface area contributed by atoms with Gasteiger partial charge in [-0.3, -0.25) is 9.59 Å². The van der Waals surface area contributed by atoms with E-state index >= 15 is 0 Å². The second-order valence-corrected chi connectivity index (χ2v) is 7.16. The Labute approximate surface area is 157 Å². The number of aromatic amines is 1. The summed E-state index contributed by atoms with van der Waals surface area (Å²) in [6.45, 7) is 0. The molecule has 4 rings (SSSR count). The Morgan fingerprint density at radius 1 is 1.11 bits per heavy atom. The molecule has 1 aliphatic rings. The number of hydrogen-bond acceptors (Lipinski definition) is 3. The van der Waals surface area contributed by atoms with Crippen LogP contribution in [0.1, 0.15) is 36.2 Å². The summed E-state index contributed by atoms with van der Waals surface area (Å²) in [5.74, 6) is 0.709. The van der Waals surface area contributed by atoms with Gasteiger partial charge in [-0.2, -0.15) is 0 Å². The monoisotopic (exact) mass is 361 g/mol. The number of nitrogens with one attached hydrogen (secondary N) is 2. The summed E-state index contributed by atoms with van der Waals surface area (Å²) in [5.41, 5.74) is 3.31. The van der Waals surface area contributed by atoms with E-state index in [-0.39, 0.29) is 17.5 Å². The van der Waals surface area contributed by atoms with Crippen molar-refractivity contribution in [2.45, 2.75) is 44.6 Å². The van der Waals surface area contributed by atoms with Crippen LogP contribution in [0.15, 0.2) is 53.3 Å². The van der Waals surface area contributed by atoms with Gasteiger partial charge in [-0.1, -0.05) is 36.4 Å². The summed E-state index contributed by atoms with van der Waals surface area (Å²) in [7, 11) is 0. The van der Waals surface area contributed by atoms with Gasteiger partial charge in [0.05, 0.1) is 10.9 Å². The molecule has 5 nitrogen and oxygen atoms in total. The van der Waals surface area contributed by atoms with Gasteiger partial charge in [0.15, 0.2) is 0 Å². The molecule has 1 aromatic heterocycles. The van der Waals surface area contributed by atoms with E-state index in [1.807, 2.05) is 18.2 Å². The number of amides is 1. The Bertz CT molecular complexity index is 1030. The summed E-state index contributed by atoms with van der Waals surface area (Å²) in [6, 6.07) is 16.0. The highest BCUT2D eigenvalue weighted by Gasteiger charge is 2.19. The Hall–Kier alpha value is -2.95. The van der Waals surface area contributed by atoms with Crippen molar-refractivity contribution in [1.29, 1.82) is 0 Å². The number of nitrogens with zero attached hydrogens (tertiary/aromatic N) is 1. The van der Waals surface area contributed by atoms with Gasteiger partial charge in [0.25, 0.3) is 5.56 Å². The highest BCUT2D eigenvalue weighted by molar-refractivity contribution is 5.77. The van der Waals surface area contributed by atoms with Crippen LogP contribution in [-0.2, 0) is 24.1 Å². The minimum Gasteiger partial charge on any atom is -0.353 e. The maximum Gasteiger partial charge on any atom is 0.258 e. The minimum absolute atomic E-state index is 0.0718. The third-order valence-electron chi connectivity index (χ3n) is 5.19. The third-order valence-corrected chi connectivity index (χ3v) is 5.19. The van der Waals surface area contributed by atoms with Crippen LogP contribution in [0.25, 0.3) is 10.9 Å². The van der Waals surface area contributed by atoms with Crippen LogP contribution in [0.4, 0.5) is 0 Å². The van der Waals surface area contributed by atoms with Crippen molar-refractivity contribution < 1.29 is 4.79 Å². The molecule has 0 spiro atoms. The second-order valence-electron chi connectivity index (χ2n) is 7.16. The first-order chi connectivity index (χ1) is 13.2. The molecule has 138 valence electrons. The van der Waals surface area contributed by atoms with Gasteiger partial charge in [0, 0.05) is 18.9 Å². The van der Waals surface area contributed by atoms with Crippen LogP contribution >= 0.6 is 0 Å². The Balaban J connectivity index is 1.30. The van der Waals surface area contributed by atoms with Gasteiger partial charge in [-0.15, -0.1) is 0 Å². The molecular formula is C22H23N3O2. The van der Waals surface area contributed by atoms with E-state index in [1.54, 1.807) is 6.07 Å². The molecule has 3 aromatic rings. The Morgan fingerprint density at radius 2 is 1.89 bits per heavy atom. The third kappa shape index (κ3) is 4.08. The summed E-state index contributed by atoms with van der Waals surface area (Å²) in [4.78, 5) is 31.7. The fourth-order valence-corrected chi connectivity index (χ4v) is 3.79. The normalized spacial score (nSPS) is 16.1. The molecule has 2 N–H and O–H groups in total. The number of H-pyrrole nitrogens is 1. The number of aromatic nitrogens is 2. The van der Waals surface area contributed by atoms with Gasteiger partial charge >= 0.3 is 0 Å². The largest absolute Gasteiger partial charge is 0.353 e. The molecule has 0 saturated carbocycles. The molecule has 0 saturated heterocycles. The maximum absolute atomic E-state index is 12.3. The quantitative estimate of drug-likeness (QED) is 0.734. The molecular weight excluding hydrogens is 338 g/mol. The number of fused-ring (bicyclic) bond motifs is 2. The molecule has 0 fully saturated rings. The molecule has 27 heavy (non-hydrogen) atoms. The van der Waals surface area contributed by atoms with Crippen LogP contribution in [0.3, 0.4) is 0 Å². The standard InChI is InChI=1S/C22H23N3O2/c26-21(23-17-13-12-15-6-1-2-7-16(15)14-17)11-5-10-20-24-19-9-4-3-8-18(19)22(27)25-20/h1-4,6-9,17H,5,10-14H2,(H,23,26)(H,24,25,27). The number of carbonyl (C=O) groups excluding carboxylic acids is 1. The predicted molar refractivity (Wildman–Crippen MR) is 106 cm³/mol. The Kier molecular flexibility index (Phi) is 5.01. The number of para-hydroxylation sites is 1. The lowest BCUT2D eigenvalue weighted by atomic mass is 9.88. The lowest BCUT2D eigenvalue weighted by Crippen LogP contribution is -2.38. The van der Waals surface area contributed by atoms with Crippen molar-refractivity contribution in [1.82, 2.24) is 15.3 Å². The van der Waals surface area contributed by atoms with E-state index in [1.165, 1.54) is 11.1 Å². The number of carbonyl (C=O) groups is 1. The van der Waals surface area contributed by atoms with Gasteiger partial charge in [0.2, 0.25) is 5.91 Å². The Morgan fingerprint density at radius 3 is 2.78 bits per heavy atom. The van der Waals surface area contributed by atoms with E-state index < -0.39 is 0 Å². The zero-order chi connectivity index (χ0) is 18.6. The number of benzene rings is 2. The maximum atomic E-state index is 12.3. The lowest BCUT2D eigenvalue weighted by Gasteiger charge is -2.25. The predicted octanol–water partition coefficient (Wildman–Crippen LogP) is 2.92. The summed E-state index contributed by atoms with van der Waals surface area (Å²) in [5, 5.41) is 3.75. The van der Waals surface area contributed by atoms with Gasteiger partial charge in [0.1, 0.15) is 5.82 Å². The van der Waals surface area contributed by atoms with E-state index in [9.17, 15) is 9.59 Å². The second kappa shape index (κ2) is 7.74. The molecule has 1 unspecified atom stereocenters. The molecule has 2 aromatic carbocycles. The van der Waals surface area contributed by atoms with Crippen molar-refractivity contribution in [2.24, 2.45) is 0 Å². The lowest BCUT2D eigenvalue weighted by molar-refractivity contribution is -0.121. The van der Waals surface area contributed by atoms with E-state index in [4.69, 9.17) is 0 Å². The number of aryl methyl sites for hydroxylation is 2. The number of hydrogen-bond donors (Lipinski definition) is 2. The highest BCUT2D eigenvalue weighted by Crippen LogP contribution is 2.21. The van der Waals surface area contributed by atoms with Gasteiger partial charge in [-0.05, 0) is 48.9 Å². The fourth-order valence-electron chi connectivity index (χ4n) is 3.79. The van der Waals surface area contributed by atoms with Crippen molar-refractivity contribution >= 4 is 16.8 Å². The summed E-state index contributed by atoms with van der Waals surface area (Å²) < 4.78 is 0. The highest BCUT2D eigenvalue weighted by atomic mass is 16.1. The van der Waals surface area contributed by atoms with Gasteiger partial charge < -0.3 is 10.3 Å². The first-order valence-electron chi connectivity index (χ1n) is 9.53. The van der Waals surface area contributed by atoms with Crippen molar-refractivity contribution in [3.63, 3.8) is 0 Å². The molecule has 0 radical (unpaired) electrons. The van der Waals surface area contributed by atoms with E-state index in [0.717, 1.165) is 19.3 Å². The minimum atomic E-state index is -0.124. The molecule has 1 atom stereocenters. The first kappa shape index (κ1) is 17.5. The zero-order valence-electron chi connectivity index (χ0n) is 15.2. The molecule has 0 bridgehead atoms. The van der Waals surface area contributed by atoms with E-state index in [2.05, 4.69) is 39.6 Å². The smallest absolute Gasteiger partial charge is 0.258 e. The van der Waals surface area contributed by atoms with Crippen molar-refractivity contribution in [3.8, 4) is 0 Å². The molecule has 1 heterocycles. The van der Waals surface area contributed by atoms with Crippen LogP contribution in [0.2, 0.25) is 0 Å². The van der Waals surface area contributed by atoms with Crippen molar-refractivity contribution in [3.05, 3.63) is 75.8 Å². The average Bonchev–Trinajstić information content (AvgIpc) is 2.68. The van der Waals surface area contributed by atoms with Crippen LogP contribution in [-0.4, -0.2) is 21.9 Å². The van der Waals surface area contributed by atoms with Gasteiger partial charge in [-0.25, -0.2) is 4.98 Å². The summed E-state index contributed by atoms with van der Waals surface area (Å²) in [6.07, 6.45) is 4.60. The van der Waals surface area contributed by atoms with Crippen molar-refractivity contribution in [2.75, 3.05) is 0 Å². The first-order valence-corrected chi connectivity index (χ1v) is 9.53.